The van der Waals surface area contributed by atoms with E-state index in [1.165, 1.54) is 12.1 Å². The summed E-state index contributed by atoms with van der Waals surface area (Å²) >= 11 is 0. The second kappa shape index (κ2) is 13.8. The fraction of sp³-hybridized carbons (Fsp3) is 0.500. The first-order valence-corrected chi connectivity index (χ1v) is 12.2. The van der Waals surface area contributed by atoms with Crippen LogP contribution in [0.1, 0.15) is 71.3 Å². The molecular formula is C28H39NO5. The molecule has 2 N–H and O–H groups in total. The van der Waals surface area contributed by atoms with Gasteiger partial charge in [0.1, 0.15) is 18.2 Å². The van der Waals surface area contributed by atoms with Crippen LogP contribution in [0.4, 0.5) is 0 Å². The Morgan fingerprint density at radius 3 is 2.32 bits per heavy atom. The summed E-state index contributed by atoms with van der Waals surface area (Å²) < 4.78 is 11.2. The summed E-state index contributed by atoms with van der Waals surface area (Å²) in [7, 11) is 0. The Morgan fingerprint density at radius 1 is 1.03 bits per heavy atom. The highest BCUT2D eigenvalue weighted by Crippen LogP contribution is 2.40. The molecule has 0 aliphatic carbocycles. The average Bonchev–Trinajstić information content (AvgIpc) is 2.84. The first-order valence-electron chi connectivity index (χ1n) is 12.2. The van der Waals surface area contributed by atoms with Crippen LogP contribution in [0.5, 0.6) is 11.5 Å². The van der Waals surface area contributed by atoms with E-state index in [1.807, 2.05) is 32.0 Å². The van der Waals surface area contributed by atoms with Crippen LogP contribution in [0.15, 0.2) is 54.6 Å². The van der Waals surface area contributed by atoms with Crippen molar-refractivity contribution in [3.05, 3.63) is 60.2 Å². The van der Waals surface area contributed by atoms with Crippen LogP contribution in [-0.2, 0) is 14.3 Å². The number of esters is 1. The van der Waals surface area contributed by atoms with E-state index in [0.29, 0.717) is 25.2 Å². The third kappa shape index (κ3) is 8.49. The molecule has 0 fully saturated rings. The molecule has 3 atom stereocenters. The van der Waals surface area contributed by atoms with Gasteiger partial charge in [-0.3, -0.25) is 9.59 Å². The van der Waals surface area contributed by atoms with Crippen LogP contribution >= 0.6 is 0 Å². The number of nitrogens with one attached hydrogen (secondary N) is 1. The highest BCUT2D eigenvalue weighted by Gasteiger charge is 2.40. The lowest BCUT2D eigenvalue weighted by molar-refractivity contribution is -0.147. The highest BCUT2D eigenvalue weighted by molar-refractivity contribution is 5.82. The molecule has 0 spiro atoms. The van der Waals surface area contributed by atoms with Gasteiger partial charge in [0.2, 0.25) is 5.91 Å². The summed E-state index contributed by atoms with van der Waals surface area (Å²) in [5.74, 6) is -0.321. The molecule has 0 saturated carbocycles. The molecule has 186 valence electrons. The first kappa shape index (κ1) is 27.4. The summed E-state index contributed by atoms with van der Waals surface area (Å²) in [5.41, 5.74) is 0.268. The maximum absolute atomic E-state index is 13.5. The predicted molar refractivity (Wildman–Crippen MR) is 134 cm³/mol. The van der Waals surface area contributed by atoms with E-state index < -0.39 is 11.3 Å². The number of rotatable bonds is 14. The van der Waals surface area contributed by atoms with Gasteiger partial charge in [-0.1, -0.05) is 57.5 Å². The van der Waals surface area contributed by atoms with E-state index in [0.717, 1.165) is 24.8 Å². The maximum Gasteiger partial charge on any atom is 0.317 e. The molecule has 34 heavy (non-hydrogen) atoms. The molecule has 0 saturated heterocycles. The predicted octanol–water partition coefficient (Wildman–Crippen LogP) is 5.80. The van der Waals surface area contributed by atoms with E-state index in [2.05, 4.69) is 31.3 Å². The molecule has 2 aromatic carbocycles. The molecule has 6 heteroatoms. The second-order valence-electron chi connectivity index (χ2n) is 9.22. The SMILES string of the molecule is CCCCOCNC(=O)C(C)CC(C)(CC(CC)c1ccccc1)C(=O)Oc1ccc(O)cc1. The number of unbranched alkanes of at least 4 members (excludes halogenated alkanes) is 1. The fourth-order valence-corrected chi connectivity index (χ4v) is 4.14. The maximum atomic E-state index is 13.5. The third-order valence-electron chi connectivity index (χ3n) is 6.20. The van der Waals surface area contributed by atoms with E-state index in [-0.39, 0.29) is 30.3 Å². The van der Waals surface area contributed by atoms with Crippen molar-refractivity contribution in [2.75, 3.05) is 13.3 Å². The van der Waals surface area contributed by atoms with Gasteiger partial charge in [0, 0.05) is 12.5 Å². The van der Waals surface area contributed by atoms with Gasteiger partial charge in [0.15, 0.2) is 0 Å². The van der Waals surface area contributed by atoms with Crippen molar-refractivity contribution < 1.29 is 24.2 Å². The van der Waals surface area contributed by atoms with Crippen molar-refractivity contribution in [3.8, 4) is 11.5 Å². The average molecular weight is 470 g/mol. The summed E-state index contributed by atoms with van der Waals surface area (Å²) in [6, 6.07) is 16.2. The van der Waals surface area contributed by atoms with Crippen LogP contribution in [0.2, 0.25) is 0 Å². The minimum Gasteiger partial charge on any atom is -0.508 e. The third-order valence-corrected chi connectivity index (χ3v) is 6.20. The zero-order valence-electron chi connectivity index (χ0n) is 20.9. The normalized spacial score (nSPS) is 14.6. The number of benzene rings is 2. The standard InChI is InChI=1S/C28H39NO5/c1-5-7-17-33-20-29-26(31)21(3)18-28(4,19-22(6-2)23-11-9-8-10-12-23)27(32)34-25-15-13-24(30)14-16-25/h8-16,21-22,30H,5-7,17-20H2,1-4H3,(H,29,31). The minimum atomic E-state index is -0.895. The number of ether oxygens (including phenoxy) is 2. The van der Waals surface area contributed by atoms with Crippen LogP contribution in [-0.4, -0.2) is 30.3 Å². The Balaban J connectivity index is 2.17. The van der Waals surface area contributed by atoms with Crippen LogP contribution in [0.3, 0.4) is 0 Å². The van der Waals surface area contributed by atoms with Gasteiger partial charge in [-0.25, -0.2) is 0 Å². The molecule has 0 aliphatic rings. The second-order valence-corrected chi connectivity index (χ2v) is 9.22. The van der Waals surface area contributed by atoms with E-state index in [1.54, 1.807) is 12.1 Å². The fourth-order valence-electron chi connectivity index (χ4n) is 4.14. The number of carbonyl (C=O) groups excluding carboxylic acids is 2. The number of hydrogen-bond donors (Lipinski definition) is 2. The lowest BCUT2D eigenvalue weighted by Crippen LogP contribution is -2.39. The lowest BCUT2D eigenvalue weighted by Gasteiger charge is -2.33. The van der Waals surface area contributed by atoms with Gasteiger partial charge in [-0.05, 0) is 68.4 Å². The summed E-state index contributed by atoms with van der Waals surface area (Å²) in [6.07, 6.45) is 3.73. The van der Waals surface area contributed by atoms with Crippen molar-refractivity contribution in [1.82, 2.24) is 5.32 Å². The largest absolute Gasteiger partial charge is 0.508 e. The van der Waals surface area contributed by atoms with Crippen molar-refractivity contribution in [2.24, 2.45) is 11.3 Å². The number of hydrogen-bond acceptors (Lipinski definition) is 5. The number of carbonyl (C=O) groups is 2. The van der Waals surface area contributed by atoms with Gasteiger partial charge < -0.3 is 19.9 Å². The molecule has 0 bridgehead atoms. The smallest absolute Gasteiger partial charge is 0.317 e. The zero-order valence-corrected chi connectivity index (χ0v) is 20.9. The zero-order chi connectivity index (χ0) is 25.0. The molecule has 2 aromatic rings. The Bertz CT molecular complexity index is 883. The molecule has 1 amide bonds. The minimum absolute atomic E-state index is 0.101. The van der Waals surface area contributed by atoms with E-state index in [9.17, 15) is 14.7 Å². The Hall–Kier alpha value is -2.86. The van der Waals surface area contributed by atoms with Crippen LogP contribution in [0.25, 0.3) is 0 Å². The molecule has 2 rings (SSSR count). The van der Waals surface area contributed by atoms with Crippen LogP contribution in [0, 0.1) is 11.3 Å². The quantitative estimate of drug-likeness (QED) is 0.158. The van der Waals surface area contributed by atoms with E-state index >= 15 is 0 Å². The molecule has 0 aliphatic heterocycles. The summed E-state index contributed by atoms with van der Waals surface area (Å²) in [6.45, 7) is 8.67. The Kier molecular flexibility index (Phi) is 11.1. The molecule has 6 nitrogen and oxygen atoms in total. The lowest BCUT2D eigenvalue weighted by atomic mass is 9.72. The van der Waals surface area contributed by atoms with Gasteiger partial charge in [-0.2, -0.15) is 0 Å². The van der Waals surface area contributed by atoms with Crippen molar-refractivity contribution in [3.63, 3.8) is 0 Å². The van der Waals surface area contributed by atoms with Gasteiger partial charge in [0.25, 0.3) is 0 Å². The van der Waals surface area contributed by atoms with Crippen molar-refractivity contribution >= 4 is 11.9 Å². The van der Waals surface area contributed by atoms with Gasteiger partial charge in [0.05, 0.1) is 5.41 Å². The molecule has 3 unspecified atom stereocenters. The number of aromatic hydroxyl groups is 1. The number of phenolic OH excluding ortho intramolecular Hbond substituents is 1. The topological polar surface area (TPSA) is 84.9 Å². The highest BCUT2D eigenvalue weighted by atomic mass is 16.5. The van der Waals surface area contributed by atoms with Gasteiger partial charge in [-0.15, -0.1) is 0 Å². The number of phenols is 1. The van der Waals surface area contributed by atoms with Crippen molar-refractivity contribution in [1.29, 1.82) is 0 Å². The summed E-state index contributed by atoms with van der Waals surface area (Å²) in [5, 5.41) is 12.3. The molecule has 0 radical (unpaired) electrons. The first-order chi connectivity index (χ1) is 16.3. The Morgan fingerprint density at radius 2 is 1.71 bits per heavy atom. The molecule has 0 aromatic heterocycles. The number of amides is 1. The monoisotopic (exact) mass is 469 g/mol. The van der Waals surface area contributed by atoms with Crippen molar-refractivity contribution in [2.45, 2.75) is 65.7 Å². The van der Waals surface area contributed by atoms with Gasteiger partial charge >= 0.3 is 5.97 Å². The van der Waals surface area contributed by atoms with E-state index in [4.69, 9.17) is 9.47 Å². The molecule has 0 heterocycles. The molecular weight excluding hydrogens is 430 g/mol. The summed E-state index contributed by atoms with van der Waals surface area (Å²) in [4.78, 5) is 26.2. The Labute approximate surface area is 203 Å². The van der Waals surface area contributed by atoms with Crippen LogP contribution < -0.4 is 10.1 Å².